The van der Waals surface area contributed by atoms with Gasteiger partial charge in [0, 0.05) is 16.1 Å². The Balaban J connectivity index is 1.86. The van der Waals surface area contributed by atoms with Crippen LogP contribution in [0.1, 0.15) is 42.4 Å². The van der Waals surface area contributed by atoms with Crippen molar-refractivity contribution in [1.29, 1.82) is 0 Å². The van der Waals surface area contributed by atoms with E-state index in [1.165, 1.54) is 24.8 Å². The summed E-state index contributed by atoms with van der Waals surface area (Å²) in [4.78, 5) is 0. The van der Waals surface area contributed by atoms with Crippen LogP contribution in [0.2, 0.25) is 5.02 Å². The second-order valence-corrected chi connectivity index (χ2v) is 5.78. The first-order chi connectivity index (χ1) is 10.8. The second kappa shape index (κ2) is 9.13. The molecule has 0 saturated heterocycles. The number of allylic oxidation sites excluding steroid dienone is 1. The zero-order valence-electron chi connectivity index (χ0n) is 12.8. The molecule has 0 radical (unpaired) electrons. The van der Waals surface area contributed by atoms with E-state index < -0.39 is 0 Å². The maximum absolute atomic E-state index is 5.86. The van der Waals surface area contributed by atoms with Crippen LogP contribution in [-0.4, -0.2) is 0 Å². The van der Waals surface area contributed by atoms with E-state index in [4.69, 9.17) is 11.6 Å². The third-order valence-corrected chi connectivity index (χ3v) is 3.78. The number of hydrogen-bond acceptors (Lipinski definition) is 0. The van der Waals surface area contributed by atoms with Gasteiger partial charge in [0.15, 0.2) is 0 Å². The Morgan fingerprint density at radius 2 is 1.41 bits per heavy atom. The Bertz CT molecular complexity index is 639. The summed E-state index contributed by atoms with van der Waals surface area (Å²) in [6.45, 7) is 3.75. The van der Waals surface area contributed by atoms with Gasteiger partial charge in [0.2, 0.25) is 0 Å². The van der Waals surface area contributed by atoms with Crippen molar-refractivity contribution in [3.63, 3.8) is 0 Å². The van der Waals surface area contributed by atoms with Crippen LogP contribution in [0.4, 0.5) is 0 Å². The predicted molar refractivity (Wildman–Crippen MR) is 96.2 cm³/mol. The van der Waals surface area contributed by atoms with Gasteiger partial charge < -0.3 is 0 Å². The molecule has 0 heterocycles. The first kappa shape index (κ1) is 16.4. The van der Waals surface area contributed by atoms with Crippen LogP contribution in [-0.2, 0) is 6.42 Å². The molecular formula is C21H21Cl. The lowest BCUT2D eigenvalue weighted by Crippen LogP contribution is -1.86. The van der Waals surface area contributed by atoms with E-state index in [9.17, 15) is 0 Å². The zero-order chi connectivity index (χ0) is 15.6. The summed E-state index contributed by atoms with van der Waals surface area (Å²) in [6, 6.07) is 16.2. The first-order valence-electron chi connectivity index (χ1n) is 7.75. The van der Waals surface area contributed by atoms with Gasteiger partial charge in [0.1, 0.15) is 0 Å². The van der Waals surface area contributed by atoms with Crippen molar-refractivity contribution in [2.45, 2.75) is 32.1 Å². The average molecular weight is 309 g/mol. The van der Waals surface area contributed by atoms with Crippen LogP contribution < -0.4 is 0 Å². The fourth-order valence-electron chi connectivity index (χ4n) is 2.23. The van der Waals surface area contributed by atoms with Crippen LogP contribution >= 0.6 is 11.6 Å². The number of rotatable bonds is 6. The highest BCUT2D eigenvalue weighted by Gasteiger charge is 1.94. The Kier molecular flexibility index (Phi) is 6.81. The maximum atomic E-state index is 5.86. The van der Waals surface area contributed by atoms with E-state index in [0.717, 1.165) is 29.0 Å². The minimum Gasteiger partial charge on any atom is -0.103 e. The van der Waals surface area contributed by atoms with Gasteiger partial charge in [-0.3, -0.25) is 0 Å². The van der Waals surface area contributed by atoms with Crippen molar-refractivity contribution in [1.82, 2.24) is 0 Å². The average Bonchev–Trinajstić information content (AvgIpc) is 2.55. The molecule has 0 aromatic heterocycles. The number of aryl methyl sites for hydroxylation is 1. The zero-order valence-corrected chi connectivity index (χ0v) is 13.6. The fraction of sp³-hybridized carbons (Fsp3) is 0.238. The van der Waals surface area contributed by atoms with Crippen LogP contribution in [0.25, 0.3) is 0 Å². The molecule has 0 aliphatic heterocycles. The Morgan fingerprint density at radius 3 is 2.00 bits per heavy atom. The molecule has 2 aromatic carbocycles. The Hall–Kier alpha value is -1.97. The second-order valence-electron chi connectivity index (χ2n) is 5.34. The fourth-order valence-corrected chi connectivity index (χ4v) is 2.35. The monoisotopic (exact) mass is 308 g/mol. The van der Waals surface area contributed by atoms with Crippen molar-refractivity contribution < 1.29 is 0 Å². The highest BCUT2D eigenvalue weighted by Crippen LogP contribution is 2.11. The predicted octanol–water partition coefficient (Wildman–Crippen LogP) is 6.03. The maximum Gasteiger partial charge on any atom is 0.0406 e. The molecule has 22 heavy (non-hydrogen) atoms. The van der Waals surface area contributed by atoms with Crippen molar-refractivity contribution in [3.8, 4) is 11.8 Å². The minimum atomic E-state index is 0.739. The summed E-state index contributed by atoms with van der Waals surface area (Å²) in [7, 11) is 0. The lowest BCUT2D eigenvalue weighted by Gasteiger charge is -2.01. The number of hydrogen-bond donors (Lipinski definition) is 0. The van der Waals surface area contributed by atoms with Crippen molar-refractivity contribution in [2.24, 2.45) is 0 Å². The van der Waals surface area contributed by atoms with Gasteiger partial charge in [0.05, 0.1) is 0 Å². The summed E-state index contributed by atoms with van der Waals surface area (Å²) in [5, 5.41) is 0.739. The largest absolute Gasteiger partial charge is 0.103 e. The van der Waals surface area contributed by atoms with Gasteiger partial charge in [-0.05, 0) is 67.6 Å². The quantitative estimate of drug-likeness (QED) is 0.347. The summed E-state index contributed by atoms with van der Waals surface area (Å²) >= 11 is 5.86. The third-order valence-electron chi connectivity index (χ3n) is 3.52. The van der Waals surface area contributed by atoms with Crippen LogP contribution in [0.5, 0.6) is 0 Å². The van der Waals surface area contributed by atoms with E-state index in [2.05, 4.69) is 42.7 Å². The third kappa shape index (κ3) is 5.80. The molecule has 0 spiro atoms. The molecule has 0 aliphatic carbocycles. The number of unbranched alkanes of at least 4 members (excludes halogenated alkanes) is 3. The first-order valence-corrected chi connectivity index (χ1v) is 8.13. The molecule has 0 aliphatic rings. The van der Waals surface area contributed by atoms with Crippen molar-refractivity contribution in [2.75, 3.05) is 0 Å². The lowest BCUT2D eigenvalue weighted by molar-refractivity contribution is 0.687. The molecule has 2 rings (SSSR count). The molecule has 1 heteroatoms. The van der Waals surface area contributed by atoms with Crippen LogP contribution in [0.15, 0.2) is 61.2 Å². The van der Waals surface area contributed by atoms with E-state index in [1.54, 1.807) is 0 Å². The molecule has 112 valence electrons. The SMILES string of the molecule is C=CCCCCCc1ccc(C#Cc2ccc(Cl)cc2)cc1. The van der Waals surface area contributed by atoms with Crippen molar-refractivity contribution in [3.05, 3.63) is 82.9 Å². The minimum absolute atomic E-state index is 0.739. The van der Waals surface area contributed by atoms with Crippen LogP contribution in [0, 0.1) is 11.8 Å². The summed E-state index contributed by atoms with van der Waals surface area (Å²) < 4.78 is 0. The van der Waals surface area contributed by atoms with Gasteiger partial charge in [0.25, 0.3) is 0 Å². The standard InChI is InChI=1S/C21H21Cl/c1-2-3-4-5-6-7-18-8-10-19(11-9-18)12-13-20-14-16-21(22)17-15-20/h2,8-11,14-17H,1,3-7H2. The number of halogens is 1. The van der Waals surface area contributed by atoms with Gasteiger partial charge >= 0.3 is 0 Å². The Labute approximate surface area is 138 Å². The van der Waals surface area contributed by atoms with E-state index in [0.29, 0.717) is 0 Å². The van der Waals surface area contributed by atoms with Gasteiger partial charge in [-0.25, -0.2) is 0 Å². The molecule has 0 unspecified atom stereocenters. The smallest absolute Gasteiger partial charge is 0.0406 e. The summed E-state index contributed by atoms with van der Waals surface area (Å²) in [6.07, 6.45) is 8.01. The van der Waals surface area contributed by atoms with E-state index >= 15 is 0 Å². The molecule has 0 saturated carbocycles. The van der Waals surface area contributed by atoms with E-state index in [-0.39, 0.29) is 0 Å². The van der Waals surface area contributed by atoms with Gasteiger partial charge in [-0.1, -0.05) is 48.1 Å². The van der Waals surface area contributed by atoms with Gasteiger partial charge in [-0.2, -0.15) is 0 Å². The highest BCUT2D eigenvalue weighted by atomic mass is 35.5. The molecule has 0 nitrogen and oxygen atoms in total. The highest BCUT2D eigenvalue weighted by molar-refractivity contribution is 6.30. The molecule has 0 fully saturated rings. The lowest BCUT2D eigenvalue weighted by atomic mass is 10.0. The van der Waals surface area contributed by atoms with E-state index in [1.807, 2.05) is 30.3 Å². The Morgan fingerprint density at radius 1 is 0.818 bits per heavy atom. The van der Waals surface area contributed by atoms with Gasteiger partial charge in [-0.15, -0.1) is 6.58 Å². The molecule has 0 N–H and O–H groups in total. The molecular weight excluding hydrogens is 288 g/mol. The molecule has 0 atom stereocenters. The molecule has 0 bridgehead atoms. The summed E-state index contributed by atoms with van der Waals surface area (Å²) in [5.74, 6) is 6.34. The van der Waals surface area contributed by atoms with Crippen LogP contribution in [0.3, 0.4) is 0 Å². The number of benzene rings is 2. The normalized spacial score (nSPS) is 9.86. The van der Waals surface area contributed by atoms with Crippen molar-refractivity contribution >= 4 is 11.6 Å². The molecule has 0 amide bonds. The summed E-state index contributed by atoms with van der Waals surface area (Å²) in [5.41, 5.74) is 3.41. The topological polar surface area (TPSA) is 0 Å². The molecule has 2 aromatic rings.